The number of rotatable bonds is 7. The molecule has 158 valence electrons. The maximum absolute atomic E-state index is 12.8. The highest BCUT2D eigenvalue weighted by Crippen LogP contribution is 2.23. The zero-order valence-electron chi connectivity index (χ0n) is 15.8. The molecule has 0 bridgehead atoms. The van der Waals surface area contributed by atoms with Crippen LogP contribution in [0, 0.1) is 5.82 Å². The van der Waals surface area contributed by atoms with Gasteiger partial charge in [-0.05, 0) is 72.3 Å². The molecule has 0 heterocycles. The first kappa shape index (κ1) is 22.3. The van der Waals surface area contributed by atoms with Gasteiger partial charge in [0.1, 0.15) is 17.3 Å². The fourth-order valence-electron chi connectivity index (χ4n) is 2.33. The van der Waals surface area contributed by atoms with Crippen LogP contribution in [-0.4, -0.2) is 24.7 Å². The highest BCUT2D eigenvalue weighted by atomic mass is 35.5. The molecule has 1 amide bonds. The van der Waals surface area contributed by atoms with Crippen LogP contribution in [0.25, 0.3) is 0 Å². The fraction of sp³-hybridized carbons (Fsp3) is 0.0455. The van der Waals surface area contributed by atoms with Gasteiger partial charge in [0, 0.05) is 5.02 Å². The second-order valence-corrected chi connectivity index (χ2v) is 6.96. The Labute approximate surface area is 187 Å². The minimum Gasteiger partial charge on any atom is -0.484 e. The number of hydrazone groups is 1. The average molecular weight is 461 g/mol. The van der Waals surface area contributed by atoms with E-state index < -0.39 is 17.7 Å². The number of amides is 1. The Morgan fingerprint density at radius 3 is 2.32 bits per heavy atom. The molecule has 0 spiro atoms. The van der Waals surface area contributed by atoms with Crippen LogP contribution in [-0.2, 0) is 4.79 Å². The highest BCUT2D eigenvalue weighted by Gasteiger charge is 2.13. The first-order valence-electron chi connectivity index (χ1n) is 8.88. The molecule has 0 aromatic heterocycles. The van der Waals surface area contributed by atoms with Gasteiger partial charge in [-0.1, -0.05) is 23.2 Å². The zero-order chi connectivity index (χ0) is 22.2. The lowest BCUT2D eigenvalue weighted by Crippen LogP contribution is -2.24. The summed E-state index contributed by atoms with van der Waals surface area (Å²) in [5.41, 5.74) is 3.17. The van der Waals surface area contributed by atoms with Crippen molar-refractivity contribution in [1.29, 1.82) is 0 Å². The molecule has 1 N–H and O–H groups in total. The molecule has 0 atom stereocenters. The Bertz CT molecular complexity index is 1100. The summed E-state index contributed by atoms with van der Waals surface area (Å²) < 4.78 is 23.3. The molecule has 3 aromatic rings. The minimum atomic E-state index is -0.614. The van der Waals surface area contributed by atoms with Gasteiger partial charge in [0.15, 0.2) is 6.61 Å². The molecule has 0 saturated heterocycles. The second-order valence-electron chi connectivity index (χ2n) is 6.12. The standard InChI is InChI=1S/C22H15Cl2FN2O4/c23-15-3-10-19(20(24)11-15)22(29)31-18-6-1-14(2-7-18)12-26-27-21(28)13-30-17-8-4-16(25)5-9-17/h1-12H,13H2,(H,27,28)/b26-12+. The van der Waals surface area contributed by atoms with Crippen molar-refractivity contribution >= 4 is 41.3 Å². The first-order chi connectivity index (χ1) is 14.9. The molecule has 9 heteroatoms. The summed E-state index contributed by atoms with van der Waals surface area (Å²) in [6, 6.07) is 16.2. The van der Waals surface area contributed by atoms with Gasteiger partial charge >= 0.3 is 5.97 Å². The molecule has 3 aromatic carbocycles. The maximum atomic E-state index is 12.8. The van der Waals surface area contributed by atoms with E-state index >= 15 is 0 Å². The van der Waals surface area contributed by atoms with E-state index in [1.54, 1.807) is 30.3 Å². The lowest BCUT2D eigenvalue weighted by Gasteiger charge is -2.06. The summed E-state index contributed by atoms with van der Waals surface area (Å²) in [7, 11) is 0. The first-order valence-corrected chi connectivity index (χ1v) is 9.64. The van der Waals surface area contributed by atoms with E-state index in [-0.39, 0.29) is 17.2 Å². The molecule has 0 aliphatic heterocycles. The van der Waals surface area contributed by atoms with Gasteiger partial charge in [0.25, 0.3) is 5.91 Å². The Morgan fingerprint density at radius 1 is 0.968 bits per heavy atom. The van der Waals surface area contributed by atoms with E-state index in [2.05, 4.69) is 10.5 Å². The number of carbonyl (C=O) groups is 2. The average Bonchev–Trinajstić information content (AvgIpc) is 2.74. The van der Waals surface area contributed by atoms with Crippen molar-refractivity contribution in [2.75, 3.05) is 6.61 Å². The number of nitrogens with one attached hydrogen (secondary N) is 1. The number of ether oxygens (including phenoxy) is 2. The van der Waals surface area contributed by atoms with E-state index in [1.807, 2.05) is 0 Å². The third-order valence-electron chi connectivity index (χ3n) is 3.83. The fourth-order valence-corrected chi connectivity index (χ4v) is 2.82. The van der Waals surface area contributed by atoms with E-state index in [0.717, 1.165) is 0 Å². The molecule has 0 radical (unpaired) electrons. The van der Waals surface area contributed by atoms with Crippen LogP contribution < -0.4 is 14.9 Å². The van der Waals surface area contributed by atoms with Crippen molar-refractivity contribution in [1.82, 2.24) is 5.43 Å². The molecule has 0 aliphatic carbocycles. The number of nitrogens with zero attached hydrogens (tertiary/aromatic N) is 1. The molecule has 0 saturated carbocycles. The van der Waals surface area contributed by atoms with Crippen LogP contribution in [0.15, 0.2) is 71.8 Å². The maximum Gasteiger partial charge on any atom is 0.345 e. The summed E-state index contributed by atoms with van der Waals surface area (Å²) in [4.78, 5) is 23.9. The Morgan fingerprint density at radius 2 is 1.65 bits per heavy atom. The minimum absolute atomic E-state index is 0.195. The summed E-state index contributed by atoms with van der Waals surface area (Å²) in [6.45, 7) is -0.273. The SMILES string of the molecule is O=C(COc1ccc(F)cc1)N/N=C/c1ccc(OC(=O)c2ccc(Cl)cc2Cl)cc1. The van der Waals surface area contributed by atoms with Gasteiger partial charge in [-0.25, -0.2) is 14.6 Å². The number of carbonyl (C=O) groups excluding carboxylic acids is 2. The zero-order valence-corrected chi connectivity index (χ0v) is 17.4. The molecule has 0 fully saturated rings. The van der Waals surface area contributed by atoms with Gasteiger partial charge in [0.05, 0.1) is 16.8 Å². The van der Waals surface area contributed by atoms with Crippen molar-refractivity contribution in [3.8, 4) is 11.5 Å². The topological polar surface area (TPSA) is 77.0 Å². The largest absolute Gasteiger partial charge is 0.484 e. The molecule has 31 heavy (non-hydrogen) atoms. The third-order valence-corrected chi connectivity index (χ3v) is 4.38. The van der Waals surface area contributed by atoms with Crippen LogP contribution in [0.3, 0.4) is 0 Å². The number of halogens is 3. The summed E-state index contributed by atoms with van der Waals surface area (Å²) in [5, 5.41) is 4.43. The summed E-state index contributed by atoms with van der Waals surface area (Å²) >= 11 is 11.8. The molecule has 3 rings (SSSR count). The molecule has 0 aliphatic rings. The van der Waals surface area contributed by atoms with E-state index in [1.165, 1.54) is 42.6 Å². The molecular weight excluding hydrogens is 446 g/mol. The van der Waals surface area contributed by atoms with Crippen molar-refractivity contribution in [3.05, 3.63) is 93.7 Å². The van der Waals surface area contributed by atoms with Crippen LogP contribution in [0.4, 0.5) is 4.39 Å². The molecule has 0 unspecified atom stereocenters. The number of hydrogen-bond donors (Lipinski definition) is 1. The van der Waals surface area contributed by atoms with Crippen molar-refractivity contribution in [2.45, 2.75) is 0 Å². The van der Waals surface area contributed by atoms with Crippen LogP contribution in [0.1, 0.15) is 15.9 Å². The van der Waals surface area contributed by atoms with Crippen LogP contribution >= 0.6 is 23.2 Å². The van der Waals surface area contributed by atoms with E-state index in [0.29, 0.717) is 22.1 Å². The number of hydrogen-bond acceptors (Lipinski definition) is 5. The molecule has 6 nitrogen and oxygen atoms in total. The predicted octanol–water partition coefficient (Wildman–Crippen LogP) is 4.88. The Hall–Kier alpha value is -3.42. The van der Waals surface area contributed by atoms with Gasteiger partial charge in [-0.15, -0.1) is 0 Å². The van der Waals surface area contributed by atoms with Gasteiger partial charge in [-0.2, -0.15) is 5.10 Å². The lowest BCUT2D eigenvalue weighted by atomic mass is 10.2. The number of esters is 1. The third kappa shape index (κ3) is 6.80. The second kappa shape index (κ2) is 10.6. The smallest absolute Gasteiger partial charge is 0.345 e. The van der Waals surface area contributed by atoms with Gasteiger partial charge in [-0.3, -0.25) is 4.79 Å². The Balaban J connectivity index is 1.48. The van der Waals surface area contributed by atoms with Crippen LogP contribution in [0.5, 0.6) is 11.5 Å². The van der Waals surface area contributed by atoms with Crippen LogP contribution in [0.2, 0.25) is 10.0 Å². The summed E-state index contributed by atoms with van der Waals surface area (Å²) in [5.74, 6) is -0.811. The normalized spacial score (nSPS) is 10.7. The summed E-state index contributed by atoms with van der Waals surface area (Å²) in [6.07, 6.45) is 1.41. The van der Waals surface area contributed by atoms with E-state index in [9.17, 15) is 14.0 Å². The van der Waals surface area contributed by atoms with Crippen molar-refractivity contribution < 1.29 is 23.5 Å². The lowest BCUT2D eigenvalue weighted by molar-refractivity contribution is -0.123. The quantitative estimate of drug-likeness (QED) is 0.236. The number of benzene rings is 3. The van der Waals surface area contributed by atoms with Gasteiger partial charge < -0.3 is 9.47 Å². The van der Waals surface area contributed by atoms with Gasteiger partial charge in [0.2, 0.25) is 0 Å². The van der Waals surface area contributed by atoms with E-state index in [4.69, 9.17) is 32.7 Å². The Kier molecular flexibility index (Phi) is 7.59. The van der Waals surface area contributed by atoms with Crippen molar-refractivity contribution in [3.63, 3.8) is 0 Å². The highest BCUT2D eigenvalue weighted by molar-refractivity contribution is 6.36. The monoisotopic (exact) mass is 460 g/mol. The molecular formula is C22H15Cl2FN2O4. The predicted molar refractivity (Wildman–Crippen MR) is 115 cm³/mol. The van der Waals surface area contributed by atoms with Crippen molar-refractivity contribution in [2.24, 2.45) is 5.10 Å².